The quantitative estimate of drug-likeness (QED) is 0.694. The SMILES string of the molecule is Nc1ccc(CCSc2nnc3n2CCCCC3)cc1. The summed E-state index contributed by atoms with van der Waals surface area (Å²) in [6.07, 6.45) is 5.91. The summed E-state index contributed by atoms with van der Waals surface area (Å²) in [5, 5.41) is 9.75. The molecule has 0 fully saturated rings. The molecule has 0 unspecified atom stereocenters. The van der Waals surface area contributed by atoms with E-state index in [0.717, 1.165) is 41.8 Å². The Labute approximate surface area is 123 Å². The molecule has 20 heavy (non-hydrogen) atoms. The van der Waals surface area contributed by atoms with E-state index >= 15 is 0 Å². The first-order valence-electron chi connectivity index (χ1n) is 7.22. The second kappa shape index (κ2) is 6.31. The summed E-state index contributed by atoms with van der Waals surface area (Å²) < 4.78 is 2.31. The molecule has 2 heterocycles. The topological polar surface area (TPSA) is 56.7 Å². The minimum absolute atomic E-state index is 0.823. The molecule has 0 amide bonds. The fraction of sp³-hybridized carbons (Fsp3) is 0.467. The Morgan fingerprint density at radius 3 is 2.80 bits per heavy atom. The maximum absolute atomic E-state index is 5.70. The van der Waals surface area contributed by atoms with Gasteiger partial charge in [-0.2, -0.15) is 0 Å². The van der Waals surface area contributed by atoms with Crippen molar-refractivity contribution in [2.75, 3.05) is 11.5 Å². The van der Waals surface area contributed by atoms with Crippen LogP contribution in [0.25, 0.3) is 0 Å². The number of aromatic nitrogens is 3. The van der Waals surface area contributed by atoms with Crippen molar-refractivity contribution in [3.05, 3.63) is 35.7 Å². The number of nitrogen functional groups attached to an aromatic ring is 1. The van der Waals surface area contributed by atoms with Crippen LogP contribution < -0.4 is 5.73 Å². The van der Waals surface area contributed by atoms with Gasteiger partial charge in [0.15, 0.2) is 5.16 Å². The van der Waals surface area contributed by atoms with E-state index in [-0.39, 0.29) is 0 Å². The fourth-order valence-corrected chi connectivity index (χ4v) is 3.48. The molecule has 0 radical (unpaired) electrons. The molecular weight excluding hydrogens is 268 g/mol. The highest BCUT2D eigenvalue weighted by atomic mass is 32.2. The maximum Gasteiger partial charge on any atom is 0.191 e. The van der Waals surface area contributed by atoms with Crippen LogP contribution in [0.4, 0.5) is 5.69 Å². The average Bonchev–Trinajstić information content (AvgIpc) is 2.70. The van der Waals surface area contributed by atoms with Gasteiger partial charge in [-0.15, -0.1) is 10.2 Å². The summed E-state index contributed by atoms with van der Waals surface area (Å²) >= 11 is 1.81. The van der Waals surface area contributed by atoms with Crippen molar-refractivity contribution < 1.29 is 0 Å². The lowest BCUT2D eigenvalue weighted by molar-refractivity contribution is 0.591. The van der Waals surface area contributed by atoms with Crippen molar-refractivity contribution in [1.29, 1.82) is 0 Å². The van der Waals surface area contributed by atoms with Gasteiger partial charge in [0, 0.05) is 24.4 Å². The Morgan fingerprint density at radius 2 is 1.95 bits per heavy atom. The fourth-order valence-electron chi connectivity index (χ4n) is 2.51. The summed E-state index contributed by atoms with van der Waals surface area (Å²) in [6.45, 7) is 1.08. The van der Waals surface area contributed by atoms with Crippen molar-refractivity contribution in [3.8, 4) is 0 Å². The highest BCUT2D eigenvalue weighted by Gasteiger charge is 2.14. The standard InChI is InChI=1S/C15H20N4S/c16-13-7-5-12(6-8-13)9-11-20-15-18-17-14-4-2-1-3-10-19(14)15/h5-8H,1-4,9-11,16H2. The lowest BCUT2D eigenvalue weighted by atomic mass is 10.2. The summed E-state index contributed by atoms with van der Waals surface area (Å²) in [4.78, 5) is 0. The Balaban J connectivity index is 1.58. The lowest BCUT2D eigenvalue weighted by Gasteiger charge is -2.06. The van der Waals surface area contributed by atoms with E-state index in [0.29, 0.717) is 0 Å². The second-order valence-corrected chi connectivity index (χ2v) is 6.26. The summed E-state index contributed by atoms with van der Waals surface area (Å²) in [5.41, 5.74) is 7.84. The lowest BCUT2D eigenvalue weighted by Crippen LogP contribution is -2.03. The van der Waals surface area contributed by atoms with Crippen LogP contribution in [0.1, 0.15) is 30.7 Å². The molecule has 2 aromatic rings. The largest absolute Gasteiger partial charge is 0.399 e. The molecule has 106 valence electrons. The first kappa shape index (κ1) is 13.5. The molecule has 1 aromatic heterocycles. The number of anilines is 1. The molecule has 0 saturated carbocycles. The predicted molar refractivity (Wildman–Crippen MR) is 82.9 cm³/mol. The van der Waals surface area contributed by atoms with Crippen LogP contribution in [-0.2, 0) is 19.4 Å². The molecule has 1 aliphatic heterocycles. The molecule has 5 heteroatoms. The molecule has 0 saturated heterocycles. The summed E-state index contributed by atoms with van der Waals surface area (Å²) in [5.74, 6) is 2.19. The van der Waals surface area contributed by atoms with Crippen molar-refractivity contribution in [1.82, 2.24) is 14.8 Å². The number of hydrogen-bond acceptors (Lipinski definition) is 4. The maximum atomic E-state index is 5.70. The molecule has 0 atom stereocenters. The Bertz CT molecular complexity index is 562. The van der Waals surface area contributed by atoms with Crippen molar-refractivity contribution in [2.45, 2.75) is 43.8 Å². The third kappa shape index (κ3) is 3.15. The van der Waals surface area contributed by atoms with Gasteiger partial charge in [0.25, 0.3) is 0 Å². The third-order valence-corrected chi connectivity index (χ3v) is 4.65. The van der Waals surface area contributed by atoms with Crippen LogP contribution in [0.5, 0.6) is 0 Å². The predicted octanol–water partition coefficient (Wildman–Crippen LogP) is 2.92. The molecule has 0 spiro atoms. The van der Waals surface area contributed by atoms with Gasteiger partial charge in [0.05, 0.1) is 0 Å². The molecule has 0 bridgehead atoms. The first-order chi connectivity index (χ1) is 9.83. The minimum Gasteiger partial charge on any atom is -0.399 e. The van der Waals surface area contributed by atoms with Gasteiger partial charge in [-0.05, 0) is 37.0 Å². The molecule has 4 nitrogen and oxygen atoms in total. The van der Waals surface area contributed by atoms with Crippen molar-refractivity contribution >= 4 is 17.4 Å². The van der Waals surface area contributed by atoms with Crippen LogP contribution in [-0.4, -0.2) is 20.5 Å². The number of nitrogens with two attached hydrogens (primary N) is 1. The van der Waals surface area contributed by atoms with Gasteiger partial charge in [-0.3, -0.25) is 0 Å². The van der Waals surface area contributed by atoms with E-state index in [9.17, 15) is 0 Å². The van der Waals surface area contributed by atoms with Gasteiger partial charge in [-0.1, -0.05) is 30.3 Å². The average molecular weight is 288 g/mol. The molecule has 0 aliphatic carbocycles. The monoisotopic (exact) mass is 288 g/mol. The number of fused-ring (bicyclic) bond motifs is 1. The number of benzene rings is 1. The minimum atomic E-state index is 0.823. The molecule has 1 aromatic carbocycles. The van der Waals surface area contributed by atoms with Crippen molar-refractivity contribution in [3.63, 3.8) is 0 Å². The summed E-state index contributed by atoms with van der Waals surface area (Å²) in [7, 11) is 0. The Kier molecular flexibility index (Phi) is 4.25. The van der Waals surface area contributed by atoms with Gasteiger partial charge in [0.2, 0.25) is 0 Å². The van der Waals surface area contributed by atoms with Gasteiger partial charge in [0.1, 0.15) is 5.82 Å². The van der Waals surface area contributed by atoms with E-state index < -0.39 is 0 Å². The van der Waals surface area contributed by atoms with Crippen molar-refractivity contribution in [2.24, 2.45) is 0 Å². The number of aryl methyl sites for hydroxylation is 2. The van der Waals surface area contributed by atoms with Gasteiger partial charge < -0.3 is 10.3 Å². The zero-order chi connectivity index (χ0) is 13.8. The highest BCUT2D eigenvalue weighted by molar-refractivity contribution is 7.99. The normalized spacial score (nSPS) is 14.8. The zero-order valence-electron chi connectivity index (χ0n) is 11.6. The molecule has 1 aliphatic rings. The second-order valence-electron chi connectivity index (χ2n) is 5.20. The number of rotatable bonds is 4. The number of thioether (sulfide) groups is 1. The Morgan fingerprint density at radius 1 is 1.10 bits per heavy atom. The third-order valence-electron chi connectivity index (χ3n) is 3.68. The van der Waals surface area contributed by atoms with Crippen LogP contribution in [0.3, 0.4) is 0 Å². The van der Waals surface area contributed by atoms with E-state index in [1.807, 2.05) is 23.9 Å². The van der Waals surface area contributed by atoms with E-state index in [2.05, 4.69) is 26.9 Å². The number of hydrogen-bond donors (Lipinski definition) is 1. The number of nitrogens with zero attached hydrogens (tertiary/aromatic N) is 3. The van der Waals surface area contributed by atoms with Crippen LogP contribution in [0.15, 0.2) is 29.4 Å². The van der Waals surface area contributed by atoms with Crippen LogP contribution in [0, 0.1) is 0 Å². The van der Waals surface area contributed by atoms with Crippen LogP contribution >= 0.6 is 11.8 Å². The van der Waals surface area contributed by atoms with Crippen LogP contribution in [0.2, 0.25) is 0 Å². The molecular formula is C15H20N4S. The first-order valence-corrected chi connectivity index (χ1v) is 8.21. The zero-order valence-corrected chi connectivity index (χ0v) is 12.4. The van der Waals surface area contributed by atoms with E-state index in [1.165, 1.54) is 24.8 Å². The van der Waals surface area contributed by atoms with E-state index in [4.69, 9.17) is 5.73 Å². The Hall–Kier alpha value is -1.49. The van der Waals surface area contributed by atoms with E-state index in [1.54, 1.807) is 0 Å². The van der Waals surface area contributed by atoms with Gasteiger partial charge >= 0.3 is 0 Å². The smallest absolute Gasteiger partial charge is 0.191 e. The van der Waals surface area contributed by atoms with Gasteiger partial charge in [-0.25, -0.2) is 0 Å². The molecule has 2 N–H and O–H groups in total. The molecule has 3 rings (SSSR count). The summed E-state index contributed by atoms with van der Waals surface area (Å²) in [6, 6.07) is 8.12. The highest BCUT2D eigenvalue weighted by Crippen LogP contribution is 2.22.